The highest BCUT2D eigenvalue weighted by atomic mass is 16.9. The van der Waals surface area contributed by atoms with Gasteiger partial charge in [-0.25, -0.2) is 19.2 Å². The summed E-state index contributed by atoms with van der Waals surface area (Å²) in [6, 6.07) is 14.2. The van der Waals surface area contributed by atoms with Crippen molar-refractivity contribution in [3.8, 4) is 23.0 Å². The van der Waals surface area contributed by atoms with Gasteiger partial charge in [-0.15, -0.1) is 0 Å². The molecule has 0 fully saturated rings. The molecule has 12 nitrogen and oxygen atoms in total. The van der Waals surface area contributed by atoms with Crippen molar-refractivity contribution in [1.29, 1.82) is 0 Å². The zero-order valence-electron chi connectivity index (χ0n) is 56.0. The molecular formula is C73H100O12. The minimum absolute atomic E-state index is 0.130. The lowest BCUT2D eigenvalue weighted by Gasteiger charge is -2.41. The Morgan fingerprint density at radius 3 is 0.635 bits per heavy atom. The normalized spacial score (nSPS) is 14.3. The van der Waals surface area contributed by atoms with E-state index in [1.54, 1.807) is 54.6 Å². The quantitative estimate of drug-likeness (QED) is 0.0533. The largest absolute Gasteiger partial charge is 0.507 e. The van der Waals surface area contributed by atoms with Crippen molar-refractivity contribution in [1.82, 2.24) is 0 Å². The third kappa shape index (κ3) is 18.0. The number of carbonyl (C=O) groups excluding carboxylic acids is 4. The number of hydrogen-bond acceptors (Lipinski definition) is 12. The molecule has 0 radical (unpaired) electrons. The second kappa shape index (κ2) is 24.7. The molecule has 0 saturated heterocycles. The maximum atomic E-state index is 14.7. The summed E-state index contributed by atoms with van der Waals surface area (Å²) >= 11 is 0. The first-order valence-corrected chi connectivity index (χ1v) is 29.3. The van der Waals surface area contributed by atoms with Gasteiger partial charge in [0.15, 0.2) is 0 Å². The van der Waals surface area contributed by atoms with E-state index in [9.17, 15) is 39.6 Å². The van der Waals surface area contributed by atoms with Gasteiger partial charge in [-0.1, -0.05) is 166 Å². The van der Waals surface area contributed by atoms with Crippen molar-refractivity contribution in [2.24, 2.45) is 5.41 Å². The van der Waals surface area contributed by atoms with Crippen LogP contribution in [0.5, 0.6) is 23.0 Å². The van der Waals surface area contributed by atoms with Crippen LogP contribution in [-0.4, -0.2) is 56.9 Å². The Morgan fingerprint density at radius 1 is 0.306 bits per heavy atom. The second-order valence-corrected chi connectivity index (χ2v) is 31.5. The first kappa shape index (κ1) is 70.4. The van der Waals surface area contributed by atoms with Gasteiger partial charge in [-0.3, -0.25) is 0 Å². The molecule has 4 aromatic rings. The predicted octanol–water partition coefficient (Wildman–Crippen LogP) is 16.9. The van der Waals surface area contributed by atoms with E-state index in [1.165, 1.54) is 38.2 Å². The third-order valence-corrected chi connectivity index (χ3v) is 14.7. The Kier molecular flexibility index (Phi) is 20.5. The molecule has 4 N–H and O–H groups in total. The van der Waals surface area contributed by atoms with Crippen molar-refractivity contribution < 1.29 is 58.6 Å². The van der Waals surface area contributed by atoms with Crippen LogP contribution >= 0.6 is 0 Å². The SMILES string of the molecule is CC(C)(C)c1cc(C=CC(=O)OCC(C)(C)C(OC(=O)C=Cc2cc(C(C)(C)C)c(O)c(C(C)(C)C)c2)(OC(=O)C=Cc2cc(C(C)(C)C)c(O)c(C(C)(C)C)c2)OC(=O)C=Cc2cc(C(C)(C)C)c(O)c(C(C)(C)C)c2)cc(C(C)(C)C)c1O. The Hall–Kier alpha value is -7.08. The van der Waals surface area contributed by atoms with Crippen LogP contribution < -0.4 is 0 Å². The van der Waals surface area contributed by atoms with Crippen LogP contribution in [0.2, 0.25) is 0 Å². The Labute approximate surface area is 508 Å². The van der Waals surface area contributed by atoms with Gasteiger partial charge in [-0.05, 0) is 152 Å². The van der Waals surface area contributed by atoms with Crippen LogP contribution in [0.15, 0.2) is 72.8 Å². The summed E-state index contributed by atoms with van der Waals surface area (Å²) in [7, 11) is 0. The molecule has 0 aromatic heterocycles. The van der Waals surface area contributed by atoms with Crippen LogP contribution in [0.3, 0.4) is 0 Å². The van der Waals surface area contributed by atoms with Crippen LogP contribution in [0.1, 0.15) is 247 Å². The fourth-order valence-corrected chi connectivity index (χ4v) is 9.61. The molecule has 4 rings (SSSR count). The number of phenolic OH excluding ortho intramolecular Hbond substituents is 4. The monoisotopic (exact) mass is 1170 g/mol. The number of rotatable bonds is 14. The highest BCUT2D eigenvalue weighted by Gasteiger charge is 2.58. The van der Waals surface area contributed by atoms with Gasteiger partial charge in [0.1, 0.15) is 35.0 Å². The summed E-state index contributed by atoms with van der Waals surface area (Å²) in [5.74, 6) is -6.66. The lowest BCUT2D eigenvalue weighted by atomic mass is 9.78. The van der Waals surface area contributed by atoms with Crippen molar-refractivity contribution in [2.45, 2.75) is 229 Å². The maximum Gasteiger partial charge on any atom is 0.432 e. The highest BCUT2D eigenvalue weighted by molar-refractivity contribution is 5.91. The van der Waals surface area contributed by atoms with E-state index in [1.807, 2.05) is 166 Å². The van der Waals surface area contributed by atoms with Crippen molar-refractivity contribution >= 4 is 48.2 Å². The number of esters is 4. The average Bonchev–Trinajstić information content (AvgIpc) is 2.58. The topological polar surface area (TPSA) is 186 Å². The Bertz CT molecular complexity index is 2890. The number of benzene rings is 4. The van der Waals surface area contributed by atoms with E-state index < -0.39 is 85.2 Å². The van der Waals surface area contributed by atoms with Gasteiger partial charge in [0.05, 0.1) is 0 Å². The zero-order chi connectivity index (χ0) is 65.4. The summed E-state index contributed by atoms with van der Waals surface area (Å²) in [5, 5.41) is 45.9. The fourth-order valence-electron chi connectivity index (χ4n) is 9.61. The number of phenols is 4. The molecular weight excluding hydrogens is 1070 g/mol. The highest BCUT2D eigenvalue weighted by Crippen LogP contribution is 2.45. The predicted molar refractivity (Wildman–Crippen MR) is 344 cm³/mol. The van der Waals surface area contributed by atoms with E-state index in [4.69, 9.17) is 18.9 Å². The summed E-state index contributed by atoms with van der Waals surface area (Å²) in [4.78, 5) is 58.0. The first-order chi connectivity index (χ1) is 38.2. The smallest absolute Gasteiger partial charge is 0.432 e. The third-order valence-electron chi connectivity index (χ3n) is 14.7. The van der Waals surface area contributed by atoms with Crippen molar-refractivity contribution in [3.63, 3.8) is 0 Å². The van der Waals surface area contributed by atoms with Crippen molar-refractivity contribution in [2.75, 3.05) is 6.61 Å². The molecule has 0 aliphatic carbocycles. The van der Waals surface area contributed by atoms with Crippen LogP contribution in [0.25, 0.3) is 24.3 Å². The molecule has 0 saturated carbocycles. The van der Waals surface area contributed by atoms with Gasteiger partial charge in [0.2, 0.25) is 0 Å². The summed E-state index contributed by atoms with van der Waals surface area (Å²) in [6.45, 7) is 49.4. The van der Waals surface area contributed by atoms with E-state index in [2.05, 4.69) is 0 Å². The standard InChI is InChI=1S/C73H100O12/c1-64(2,3)48-35-44(36-49(60(48)78)65(4,5)6)27-31-56(74)82-43-72(25,26)73(83-57(75)32-28-45-37-50(66(7,8)9)61(79)51(38-45)67(10,11)12,84-58(76)33-29-46-39-52(68(13,14)15)62(80)53(40-46)69(16,17)18)85-59(77)34-30-47-41-54(70(19,20)21)63(81)55(42-47)71(22,23)24/h27-42,78-81H,43H2,1-26H3. The maximum absolute atomic E-state index is 14.7. The van der Waals surface area contributed by atoms with Crippen LogP contribution in [0.4, 0.5) is 0 Å². The van der Waals surface area contributed by atoms with Crippen LogP contribution in [-0.2, 0) is 81.4 Å². The molecule has 0 aliphatic rings. The Morgan fingerprint density at radius 2 is 0.471 bits per heavy atom. The minimum atomic E-state index is -2.99. The lowest BCUT2D eigenvalue weighted by molar-refractivity contribution is -0.372. The molecule has 0 amide bonds. The average molecular weight is 1170 g/mol. The molecule has 0 unspecified atom stereocenters. The first-order valence-electron chi connectivity index (χ1n) is 29.3. The van der Waals surface area contributed by atoms with Crippen molar-refractivity contribution in [3.05, 3.63) is 140 Å². The van der Waals surface area contributed by atoms with Crippen LogP contribution in [0, 0.1) is 5.41 Å². The van der Waals surface area contributed by atoms with E-state index in [0.29, 0.717) is 66.8 Å². The number of hydrogen-bond donors (Lipinski definition) is 4. The van der Waals surface area contributed by atoms with Gasteiger partial charge < -0.3 is 39.4 Å². The molecule has 0 bridgehead atoms. The van der Waals surface area contributed by atoms with Gasteiger partial charge in [0.25, 0.3) is 0 Å². The van der Waals surface area contributed by atoms with Gasteiger partial charge in [-0.2, -0.15) is 0 Å². The number of aromatic hydroxyl groups is 4. The molecule has 12 heteroatoms. The molecule has 4 aromatic carbocycles. The molecule has 0 spiro atoms. The van der Waals surface area contributed by atoms with E-state index in [-0.39, 0.29) is 23.0 Å². The molecule has 85 heavy (non-hydrogen) atoms. The summed E-state index contributed by atoms with van der Waals surface area (Å²) in [5.41, 5.74) is 1.49. The zero-order valence-corrected chi connectivity index (χ0v) is 56.0. The number of carbonyl (C=O) groups is 4. The second-order valence-electron chi connectivity index (χ2n) is 31.5. The van der Waals surface area contributed by atoms with Gasteiger partial charge >= 0.3 is 29.9 Å². The number of ether oxygens (including phenoxy) is 4. The van der Waals surface area contributed by atoms with E-state index in [0.717, 1.165) is 18.2 Å². The summed E-state index contributed by atoms with van der Waals surface area (Å²) in [6.07, 6.45) is 10.5. The Balaban J connectivity index is 2.01. The molecule has 0 atom stereocenters. The summed E-state index contributed by atoms with van der Waals surface area (Å²) < 4.78 is 24.5. The lowest BCUT2D eigenvalue weighted by Crippen LogP contribution is -2.56. The van der Waals surface area contributed by atoms with E-state index >= 15 is 0 Å². The van der Waals surface area contributed by atoms with Gasteiger partial charge in [0, 0.05) is 68.8 Å². The minimum Gasteiger partial charge on any atom is -0.507 e. The molecule has 0 aliphatic heterocycles. The molecule has 464 valence electrons. The fraction of sp³-hybridized carbons (Fsp3) is 0.507. The molecule has 0 heterocycles.